The van der Waals surface area contributed by atoms with Crippen molar-refractivity contribution in [1.82, 2.24) is 0 Å². The highest BCUT2D eigenvalue weighted by molar-refractivity contribution is 8.76. The summed E-state index contributed by atoms with van der Waals surface area (Å²) >= 11 is 0. The number of aliphatic hydroxyl groups is 1. The smallest absolute Gasteiger partial charge is 0.107 e. The molecule has 8 heteroatoms. The summed E-state index contributed by atoms with van der Waals surface area (Å²) in [6.07, 6.45) is 1.70. The van der Waals surface area contributed by atoms with Crippen molar-refractivity contribution in [2.75, 3.05) is 24.8 Å². The van der Waals surface area contributed by atoms with Crippen molar-refractivity contribution in [2.24, 2.45) is 5.11 Å². The Morgan fingerprint density at radius 2 is 2.39 bits per heavy atom. The van der Waals surface area contributed by atoms with E-state index < -0.39 is 0 Å². The lowest BCUT2D eigenvalue weighted by Gasteiger charge is -2.16. The number of hydrogen-bond acceptors (Lipinski definition) is 6. The minimum Gasteiger partial charge on any atom is -0.394 e. The number of hydrogen-bond donors (Lipinski definition) is 1. The monoisotopic (exact) mass is 293 g/mol. The molecular weight excluding hydrogens is 274 g/mol. The molecule has 1 heterocycles. The lowest BCUT2D eigenvalue weighted by atomic mass is 10.1. The predicted octanol–water partition coefficient (Wildman–Crippen LogP) is 2.58. The Bertz CT molecular complexity index is 277. The fourth-order valence-corrected chi connectivity index (χ4v) is 3.44. The van der Waals surface area contributed by atoms with Crippen LogP contribution in [0.15, 0.2) is 5.11 Å². The first-order valence-corrected chi connectivity index (χ1v) is 8.40. The van der Waals surface area contributed by atoms with Gasteiger partial charge in [0.25, 0.3) is 0 Å². The van der Waals surface area contributed by atoms with Crippen LogP contribution in [0, 0.1) is 0 Å². The fourth-order valence-electron chi connectivity index (χ4n) is 1.70. The van der Waals surface area contributed by atoms with Gasteiger partial charge < -0.3 is 14.6 Å². The van der Waals surface area contributed by atoms with Crippen molar-refractivity contribution in [3.8, 4) is 0 Å². The van der Waals surface area contributed by atoms with Gasteiger partial charge in [0.15, 0.2) is 0 Å². The lowest BCUT2D eigenvalue weighted by molar-refractivity contribution is -0.0333. The van der Waals surface area contributed by atoms with Gasteiger partial charge in [-0.1, -0.05) is 26.7 Å². The summed E-state index contributed by atoms with van der Waals surface area (Å²) in [7, 11) is 3.34. The molecule has 1 rings (SSSR count). The first-order chi connectivity index (χ1) is 8.77. The van der Waals surface area contributed by atoms with E-state index in [1.807, 2.05) is 6.92 Å². The van der Waals surface area contributed by atoms with Gasteiger partial charge in [0, 0.05) is 23.6 Å². The van der Waals surface area contributed by atoms with Crippen LogP contribution in [0.5, 0.6) is 0 Å². The van der Waals surface area contributed by atoms with Crippen molar-refractivity contribution in [3.63, 3.8) is 0 Å². The SMILES string of the molecule is C[C@H]1CC(OCSSCCCN=[N+]=[N-])[C@@H](CO)O1. The van der Waals surface area contributed by atoms with Crippen LogP contribution in [0.2, 0.25) is 0 Å². The molecule has 1 aliphatic rings. The van der Waals surface area contributed by atoms with Crippen LogP contribution < -0.4 is 0 Å². The third-order valence-electron chi connectivity index (χ3n) is 2.53. The average Bonchev–Trinajstić information content (AvgIpc) is 2.73. The highest BCUT2D eigenvalue weighted by Gasteiger charge is 2.32. The topological polar surface area (TPSA) is 87.5 Å². The zero-order chi connectivity index (χ0) is 13.2. The summed E-state index contributed by atoms with van der Waals surface area (Å²) in [4.78, 5) is 2.69. The predicted molar refractivity (Wildman–Crippen MR) is 74.5 cm³/mol. The molecule has 0 bridgehead atoms. The van der Waals surface area contributed by atoms with Gasteiger partial charge in [0.1, 0.15) is 12.0 Å². The highest BCUT2D eigenvalue weighted by Crippen LogP contribution is 2.27. The molecule has 104 valence electrons. The van der Waals surface area contributed by atoms with E-state index in [0.29, 0.717) is 12.5 Å². The molecule has 0 radical (unpaired) electrons. The third kappa shape index (κ3) is 6.17. The zero-order valence-electron chi connectivity index (χ0n) is 10.4. The Hall–Kier alpha value is -0.110. The number of aliphatic hydroxyl groups excluding tert-OH is 1. The maximum atomic E-state index is 9.12. The second-order valence-corrected chi connectivity index (χ2v) is 6.50. The van der Waals surface area contributed by atoms with E-state index in [1.54, 1.807) is 21.6 Å². The van der Waals surface area contributed by atoms with Crippen molar-refractivity contribution < 1.29 is 14.6 Å². The van der Waals surface area contributed by atoms with Crippen LogP contribution in [0.1, 0.15) is 19.8 Å². The molecule has 0 aliphatic carbocycles. The molecule has 1 saturated heterocycles. The van der Waals surface area contributed by atoms with Crippen molar-refractivity contribution in [3.05, 3.63) is 10.4 Å². The van der Waals surface area contributed by atoms with Gasteiger partial charge in [-0.15, -0.1) is 0 Å². The summed E-state index contributed by atoms with van der Waals surface area (Å²) in [6, 6.07) is 0. The Morgan fingerprint density at radius 1 is 1.56 bits per heavy atom. The van der Waals surface area contributed by atoms with Crippen LogP contribution in [-0.2, 0) is 9.47 Å². The van der Waals surface area contributed by atoms with Crippen LogP contribution in [-0.4, -0.2) is 48.3 Å². The van der Waals surface area contributed by atoms with Gasteiger partial charge >= 0.3 is 0 Å². The van der Waals surface area contributed by atoms with E-state index in [0.717, 1.165) is 18.6 Å². The van der Waals surface area contributed by atoms with Crippen molar-refractivity contribution >= 4 is 21.6 Å². The number of azide groups is 1. The molecule has 0 spiro atoms. The first kappa shape index (κ1) is 15.9. The minimum atomic E-state index is -0.185. The molecule has 1 N–H and O–H groups in total. The molecule has 0 aromatic carbocycles. The maximum absolute atomic E-state index is 9.12. The summed E-state index contributed by atoms with van der Waals surface area (Å²) in [5.74, 6) is 1.53. The zero-order valence-corrected chi connectivity index (χ0v) is 12.0. The summed E-state index contributed by atoms with van der Waals surface area (Å²) in [6.45, 7) is 2.55. The summed E-state index contributed by atoms with van der Waals surface area (Å²) in [5.41, 5.74) is 8.09. The summed E-state index contributed by atoms with van der Waals surface area (Å²) < 4.78 is 11.2. The van der Waals surface area contributed by atoms with Crippen LogP contribution in [0.4, 0.5) is 0 Å². The second kappa shape index (κ2) is 9.77. The van der Waals surface area contributed by atoms with Gasteiger partial charge in [0.05, 0.1) is 18.8 Å². The van der Waals surface area contributed by atoms with Crippen LogP contribution >= 0.6 is 21.6 Å². The van der Waals surface area contributed by atoms with Gasteiger partial charge in [-0.05, 0) is 18.9 Å². The minimum absolute atomic E-state index is 0.00119. The first-order valence-electron chi connectivity index (χ1n) is 5.91. The fraction of sp³-hybridized carbons (Fsp3) is 1.00. The molecular formula is C10H19N3O3S2. The largest absolute Gasteiger partial charge is 0.394 e. The Kier molecular flexibility index (Phi) is 8.66. The normalized spacial score (nSPS) is 27.1. The molecule has 0 aromatic heterocycles. The highest BCUT2D eigenvalue weighted by atomic mass is 33.1. The molecule has 1 aliphatic heterocycles. The van der Waals surface area contributed by atoms with Gasteiger partial charge in [-0.2, -0.15) is 0 Å². The van der Waals surface area contributed by atoms with E-state index in [4.69, 9.17) is 20.1 Å². The molecule has 18 heavy (non-hydrogen) atoms. The quantitative estimate of drug-likeness (QED) is 0.176. The second-order valence-electron chi connectivity index (χ2n) is 3.97. The maximum Gasteiger partial charge on any atom is 0.107 e. The van der Waals surface area contributed by atoms with Crippen molar-refractivity contribution in [1.29, 1.82) is 0 Å². The third-order valence-corrected chi connectivity index (χ3v) is 4.67. The molecule has 0 aromatic rings. The Labute approximate surface area is 115 Å². The molecule has 0 amide bonds. The molecule has 3 atom stereocenters. The standard InChI is InChI=1S/C10H19N3O3S2/c1-8-5-9(10(6-14)16-8)15-7-18-17-4-2-3-12-13-11/h8-10,14H,2-7H2,1H3/t8-,9?,10+/m0/s1. The van der Waals surface area contributed by atoms with E-state index in [9.17, 15) is 0 Å². The van der Waals surface area contributed by atoms with Crippen LogP contribution in [0.25, 0.3) is 10.4 Å². The van der Waals surface area contributed by atoms with Gasteiger partial charge in [-0.25, -0.2) is 0 Å². The molecule has 1 unspecified atom stereocenters. The Balaban J connectivity index is 1.98. The van der Waals surface area contributed by atoms with Gasteiger partial charge in [0.2, 0.25) is 0 Å². The average molecular weight is 293 g/mol. The number of rotatable bonds is 9. The number of ether oxygens (including phenoxy) is 2. The van der Waals surface area contributed by atoms with E-state index >= 15 is 0 Å². The number of nitrogens with zero attached hydrogens (tertiary/aromatic N) is 3. The van der Waals surface area contributed by atoms with Crippen LogP contribution in [0.3, 0.4) is 0 Å². The van der Waals surface area contributed by atoms with Gasteiger partial charge in [-0.3, -0.25) is 0 Å². The molecule has 0 saturated carbocycles. The van der Waals surface area contributed by atoms with E-state index in [2.05, 4.69) is 10.0 Å². The van der Waals surface area contributed by atoms with E-state index in [1.165, 1.54) is 0 Å². The molecule has 6 nitrogen and oxygen atoms in total. The molecule has 1 fully saturated rings. The summed E-state index contributed by atoms with van der Waals surface area (Å²) in [5, 5.41) is 12.6. The Morgan fingerprint density at radius 3 is 3.11 bits per heavy atom. The lowest BCUT2D eigenvalue weighted by Crippen LogP contribution is -2.27. The van der Waals surface area contributed by atoms with E-state index in [-0.39, 0.29) is 24.9 Å². The van der Waals surface area contributed by atoms with Crippen molar-refractivity contribution in [2.45, 2.75) is 38.1 Å².